The SMILES string of the molecule is [Mo].[O]=[InH].[Pr]. The molecule has 0 rings (SSSR count). The Bertz CT molecular complexity index is 8.00. The molecule has 1 radical (unpaired) electrons. The summed E-state index contributed by atoms with van der Waals surface area (Å²) in [5.41, 5.74) is 0. The Labute approximate surface area is 87.5 Å². The van der Waals surface area contributed by atoms with Gasteiger partial charge in [0.15, 0.2) is 0 Å². The van der Waals surface area contributed by atoms with E-state index in [1.165, 1.54) is 0 Å². The van der Waals surface area contributed by atoms with Crippen LogP contribution in [0.25, 0.3) is 0 Å². The fraction of sp³-hybridized carbons (Fsp3) is 0. The van der Waals surface area contributed by atoms with Crippen molar-refractivity contribution >= 4 is 24.4 Å². The van der Waals surface area contributed by atoms with Gasteiger partial charge in [0.05, 0.1) is 0 Å². The second kappa shape index (κ2) is 17.2. The van der Waals surface area contributed by atoms with Crippen LogP contribution in [0.3, 0.4) is 0 Å². The molecule has 0 bridgehead atoms. The maximum Gasteiger partial charge on any atom is 0 e. The van der Waals surface area contributed by atoms with Crippen LogP contribution in [0, 0.1) is 41.3 Å². The van der Waals surface area contributed by atoms with Crippen molar-refractivity contribution in [2.45, 2.75) is 0 Å². The van der Waals surface area contributed by atoms with Crippen molar-refractivity contribution in [1.82, 2.24) is 0 Å². The smallest absolute Gasteiger partial charge is 0 e. The van der Waals surface area contributed by atoms with E-state index in [0.717, 1.165) is 0 Å². The zero-order valence-corrected chi connectivity index (χ0v) is 11.8. The fourth-order valence-corrected chi connectivity index (χ4v) is 0. The molecule has 0 aromatic rings. The van der Waals surface area contributed by atoms with Crippen LogP contribution in [0.2, 0.25) is 0 Å². The monoisotopic (exact) mass is 371 g/mol. The van der Waals surface area contributed by atoms with E-state index in [1.54, 1.807) is 0 Å². The van der Waals surface area contributed by atoms with Gasteiger partial charge >= 0.3 is 27.2 Å². The quantitative estimate of drug-likeness (QED) is 0.513. The van der Waals surface area contributed by atoms with Gasteiger partial charge in [0, 0.05) is 62.4 Å². The van der Waals surface area contributed by atoms with Crippen LogP contribution in [-0.4, -0.2) is 24.4 Å². The summed E-state index contributed by atoms with van der Waals surface area (Å²) in [5, 5.41) is 0. The molecule has 0 spiro atoms. The molecule has 1 nitrogen and oxygen atoms in total. The summed E-state index contributed by atoms with van der Waals surface area (Å²) in [6.07, 6.45) is 0. The summed E-state index contributed by atoms with van der Waals surface area (Å²) in [6, 6.07) is 0. The Hall–Kier alpha value is 2.72. The molecule has 0 heterocycles. The minimum atomic E-state index is -0.1000. The molecule has 0 amide bonds. The summed E-state index contributed by atoms with van der Waals surface area (Å²) >= 11 is -0.1000. The van der Waals surface area contributed by atoms with Crippen LogP contribution >= 0.6 is 0 Å². The van der Waals surface area contributed by atoms with E-state index in [1.807, 2.05) is 0 Å². The minimum Gasteiger partial charge on any atom is 0 e. The van der Waals surface area contributed by atoms with Crippen LogP contribution in [0.1, 0.15) is 0 Å². The standard InChI is InChI=1S/In.Mo.O.Pr.H. The molecule has 0 saturated carbocycles. The first-order valence-corrected chi connectivity index (χ1v) is 1.94. The molecule has 0 aromatic heterocycles. The largest absolute Gasteiger partial charge is 0 e. The first kappa shape index (κ1) is 15.9. The van der Waals surface area contributed by atoms with E-state index in [-0.39, 0.29) is 86.7 Å². The third-order valence-electron chi connectivity index (χ3n) is 0. The van der Waals surface area contributed by atoms with Crippen LogP contribution in [0.15, 0.2) is 0 Å². The molecule has 4 heteroatoms. The first-order valence-electron chi connectivity index (χ1n) is 0.289. The molecule has 0 aromatic carbocycles. The molecule has 0 atom stereocenters. The number of rotatable bonds is 0. The van der Waals surface area contributed by atoms with Crippen LogP contribution < -0.4 is 0 Å². The Morgan fingerprint density at radius 2 is 1.25 bits per heavy atom. The molecule has 4 heavy (non-hydrogen) atoms. The summed E-state index contributed by atoms with van der Waals surface area (Å²) < 4.78 is 8.42. The molecule has 0 aliphatic heterocycles. The van der Waals surface area contributed by atoms with Crippen molar-refractivity contribution in [3.8, 4) is 0 Å². The zero-order chi connectivity index (χ0) is 2.00. The van der Waals surface area contributed by atoms with Crippen LogP contribution in [0.5, 0.6) is 0 Å². The molecule has 0 aliphatic carbocycles. The van der Waals surface area contributed by atoms with Gasteiger partial charge in [-0.25, -0.2) is 0 Å². The van der Waals surface area contributed by atoms with Crippen molar-refractivity contribution in [3.63, 3.8) is 0 Å². The van der Waals surface area contributed by atoms with Crippen molar-refractivity contribution in [2.24, 2.45) is 0 Å². The Morgan fingerprint density at radius 1 is 1.25 bits per heavy atom. The molecule has 19 valence electrons. The zero-order valence-electron chi connectivity index (χ0n) is 2.10. The van der Waals surface area contributed by atoms with Crippen LogP contribution in [-0.2, 0) is 23.9 Å². The number of hydrogen-bond donors (Lipinski definition) is 0. The summed E-state index contributed by atoms with van der Waals surface area (Å²) in [7, 11) is 0. The summed E-state index contributed by atoms with van der Waals surface area (Å²) in [4.78, 5) is 0. The third-order valence-corrected chi connectivity index (χ3v) is 0. The van der Waals surface area contributed by atoms with E-state index in [0.29, 0.717) is 0 Å². The van der Waals surface area contributed by atoms with Crippen molar-refractivity contribution in [3.05, 3.63) is 0 Å². The predicted octanol–water partition coefficient (Wildman–Crippen LogP) is -0.770. The van der Waals surface area contributed by atoms with Gasteiger partial charge in [-0.05, 0) is 0 Å². The van der Waals surface area contributed by atoms with E-state index in [9.17, 15) is 0 Å². The second-order valence-corrected chi connectivity index (χ2v) is 0. The average Bonchev–Trinajstić information content (AvgIpc) is 1.00. The molecule has 0 aliphatic rings. The maximum atomic E-state index is 8.42. The minimum absolute atomic E-state index is 0. The van der Waals surface area contributed by atoms with Crippen LogP contribution in [0.4, 0.5) is 0 Å². The normalized spacial score (nSPS) is 0.750. The van der Waals surface area contributed by atoms with Crippen molar-refractivity contribution in [1.29, 1.82) is 0 Å². The van der Waals surface area contributed by atoms with E-state index in [4.69, 9.17) is 2.85 Å². The molecular weight excluding hydrogens is 368 g/mol. The van der Waals surface area contributed by atoms with Gasteiger partial charge in [-0.15, -0.1) is 0 Å². The van der Waals surface area contributed by atoms with Gasteiger partial charge in [0.25, 0.3) is 0 Å². The van der Waals surface area contributed by atoms with Crippen molar-refractivity contribution in [2.75, 3.05) is 0 Å². The second-order valence-electron chi connectivity index (χ2n) is 0. The van der Waals surface area contributed by atoms with Gasteiger partial charge in [0.2, 0.25) is 0 Å². The Balaban J connectivity index is -0.00000000500. The summed E-state index contributed by atoms with van der Waals surface area (Å²) in [6.45, 7) is 0. The molecule has 0 unspecified atom stereocenters. The van der Waals surface area contributed by atoms with Gasteiger partial charge in [0.1, 0.15) is 0 Å². The van der Waals surface area contributed by atoms with Gasteiger partial charge in [-0.2, -0.15) is 0 Å². The first-order chi connectivity index (χ1) is 1.00. The maximum absolute atomic E-state index is 8.42. The summed E-state index contributed by atoms with van der Waals surface area (Å²) in [5.74, 6) is 0. The topological polar surface area (TPSA) is 17.1 Å². The third kappa shape index (κ3) is 8.83. The molecule has 0 N–H and O–H groups in total. The van der Waals surface area contributed by atoms with Crippen molar-refractivity contribution < 1.29 is 65.2 Å². The van der Waals surface area contributed by atoms with E-state index in [2.05, 4.69) is 0 Å². The Kier molecular flexibility index (Phi) is 68.4. The molecular formula is HInMoOPr. The van der Waals surface area contributed by atoms with Gasteiger partial charge in [-0.3, -0.25) is 0 Å². The fourth-order valence-electron chi connectivity index (χ4n) is 0. The van der Waals surface area contributed by atoms with E-state index < -0.39 is 0 Å². The molecule has 0 saturated heterocycles. The number of hydrogen-bond acceptors (Lipinski definition) is 1. The Morgan fingerprint density at radius 3 is 1.25 bits per heavy atom. The molecule has 0 fully saturated rings. The predicted molar refractivity (Wildman–Crippen MR) is 7.84 cm³/mol. The van der Waals surface area contributed by atoms with E-state index >= 15 is 0 Å². The average molecular weight is 369 g/mol. The van der Waals surface area contributed by atoms with Gasteiger partial charge in [-0.1, -0.05) is 0 Å². The van der Waals surface area contributed by atoms with Gasteiger partial charge < -0.3 is 0 Å².